The van der Waals surface area contributed by atoms with Crippen LogP contribution in [0.15, 0.2) is 29.2 Å². The number of aryl methyl sites for hydroxylation is 2. The van der Waals surface area contributed by atoms with E-state index >= 15 is 0 Å². The van der Waals surface area contributed by atoms with Gasteiger partial charge in [0.2, 0.25) is 10.0 Å². The first kappa shape index (κ1) is 20.7. The molecule has 0 unspecified atom stereocenters. The van der Waals surface area contributed by atoms with Crippen molar-refractivity contribution in [3.05, 3.63) is 40.7 Å². The molecule has 2 heterocycles. The van der Waals surface area contributed by atoms with Crippen molar-refractivity contribution in [1.82, 2.24) is 14.1 Å². The summed E-state index contributed by atoms with van der Waals surface area (Å²) >= 11 is 6.25. The molecule has 1 saturated carbocycles. The van der Waals surface area contributed by atoms with Crippen LogP contribution in [0.4, 0.5) is 0 Å². The molecule has 7 nitrogen and oxygen atoms in total. The number of ether oxygens (including phenoxy) is 1. The largest absolute Gasteiger partial charge is 0.497 e. The van der Waals surface area contributed by atoms with Crippen LogP contribution in [0.5, 0.6) is 5.75 Å². The van der Waals surface area contributed by atoms with Crippen molar-refractivity contribution in [3.63, 3.8) is 0 Å². The topological polar surface area (TPSA) is 84.7 Å². The van der Waals surface area contributed by atoms with E-state index in [0.717, 1.165) is 18.4 Å². The molecule has 158 valence electrons. The molecule has 0 radical (unpaired) electrons. The highest BCUT2D eigenvalue weighted by atomic mass is 35.5. The van der Waals surface area contributed by atoms with Gasteiger partial charge in [-0.1, -0.05) is 23.7 Å². The predicted molar refractivity (Wildman–Crippen MR) is 109 cm³/mol. The van der Waals surface area contributed by atoms with E-state index in [9.17, 15) is 13.5 Å². The third-order valence-electron chi connectivity index (χ3n) is 6.42. The number of methoxy groups -OCH3 is 1. The molecule has 4 rings (SSSR count). The molecule has 0 amide bonds. The number of nitrogens with zero attached hydrogens (tertiary/aromatic N) is 3. The van der Waals surface area contributed by atoms with E-state index in [-0.39, 0.29) is 28.4 Å². The lowest BCUT2D eigenvalue weighted by Crippen LogP contribution is -2.43. The number of benzene rings is 1. The number of aromatic nitrogens is 2. The Hall–Kier alpha value is -1.61. The summed E-state index contributed by atoms with van der Waals surface area (Å²) in [6.45, 7) is 2.28. The molecule has 1 aliphatic carbocycles. The Labute approximate surface area is 176 Å². The Bertz CT molecular complexity index is 1040. The van der Waals surface area contributed by atoms with Crippen LogP contribution in [0, 0.1) is 18.8 Å². The van der Waals surface area contributed by atoms with E-state index in [1.807, 2.05) is 24.3 Å². The molecule has 1 saturated heterocycles. The average Bonchev–Trinajstić information content (AvgIpc) is 3.24. The summed E-state index contributed by atoms with van der Waals surface area (Å²) in [5, 5.41) is 15.9. The first-order valence-corrected chi connectivity index (χ1v) is 11.6. The minimum atomic E-state index is -3.80. The quantitative estimate of drug-likeness (QED) is 0.791. The maximum absolute atomic E-state index is 13.4. The lowest BCUT2D eigenvalue weighted by Gasteiger charge is -2.41. The second-order valence-corrected chi connectivity index (χ2v) is 10.3. The zero-order valence-corrected chi connectivity index (χ0v) is 18.4. The summed E-state index contributed by atoms with van der Waals surface area (Å²) in [6, 6.07) is 7.44. The second-order valence-electron chi connectivity index (χ2n) is 8.07. The van der Waals surface area contributed by atoms with Gasteiger partial charge < -0.3 is 9.84 Å². The van der Waals surface area contributed by atoms with Crippen LogP contribution in [0.1, 0.15) is 30.5 Å². The van der Waals surface area contributed by atoms with E-state index in [4.69, 9.17) is 16.3 Å². The summed E-state index contributed by atoms with van der Waals surface area (Å²) in [5.41, 5.74) is 0.0759. The highest BCUT2D eigenvalue weighted by Crippen LogP contribution is 2.49. The predicted octanol–water partition coefficient (Wildman–Crippen LogP) is 2.70. The maximum Gasteiger partial charge on any atom is 0.248 e. The number of halogens is 1. The van der Waals surface area contributed by atoms with Crippen LogP contribution >= 0.6 is 11.6 Å². The molecule has 1 N–H and O–H groups in total. The fourth-order valence-corrected chi connectivity index (χ4v) is 7.19. The summed E-state index contributed by atoms with van der Waals surface area (Å²) in [7, 11) is -0.582. The zero-order chi connectivity index (χ0) is 21.0. The van der Waals surface area contributed by atoms with Crippen molar-refractivity contribution in [2.24, 2.45) is 18.9 Å². The number of rotatable bonds is 4. The molecule has 0 spiro atoms. The fraction of sp³-hybridized carbons (Fsp3) is 0.550. The first-order valence-electron chi connectivity index (χ1n) is 9.74. The van der Waals surface area contributed by atoms with Gasteiger partial charge in [0, 0.05) is 26.1 Å². The number of sulfonamides is 1. The third-order valence-corrected chi connectivity index (χ3v) is 8.95. The molecule has 1 aromatic carbocycles. The van der Waals surface area contributed by atoms with Gasteiger partial charge in [0.15, 0.2) is 0 Å². The maximum atomic E-state index is 13.4. The summed E-state index contributed by atoms with van der Waals surface area (Å²) in [5.74, 6) is 0.581. The average molecular weight is 440 g/mol. The van der Waals surface area contributed by atoms with Crippen molar-refractivity contribution in [1.29, 1.82) is 0 Å². The van der Waals surface area contributed by atoms with Crippen LogP contribution in [0.3, 0.4) is 0 Å². The van der Waals surface area contributed by atoms with E-state index < -0.39 is 15.6 Å². The van der Waals surface area contributed by atoms with E-state index in [1.54, 1.807) is 21.1 Å². The highest BCUT2D eigenvalue weighted by molar-refractivity contribution is 7.89. The van der Waals surface area contributed by atoms with Gasteiger partial charge in [0.25, 0.3) is 0 Å². The van der Waals surface area contributed by atoms with Crippen LogP contribution in [-0.2, 0) is 22.7 Å². The van der Waals surface area contributed by atoms with Gasteiger partial charge in [-0.15, -0.1) is 0 Å². The zero-order valence-electron chi connectivity index (χ0n) is 16.8. The molecule has 1 aliphatic heterocycles. The van der Waals surface area contributed by atoms with Gasteiger partial charge in [-0.05, 0) is 49.8 Å². The molecule has 29 heavy (non-hydrogen) atoms. The number of fused-ring (bicyclic) bond motifs is 1. The van der Waals surface area contributed by atoms with Crippen molar-refractivity contribution in [2.45, 2.75) is 36.7 Å². The van der Waals surface area contributed by atoms with E-state index in [1.165, 1.54) is 8.99 Å². The number of hydrogen-bond donors (Lipinski definition) is 1. The molecule has 9 heteroatoms. The number of hydrogen-bond acceptors (Lipinski definition) is 5. The molecule has 0 bridgehead atoms. The normalized spacial score (nSPS) is 27.8. The fourth-order valence-electron chi connectivity index (χ4n) is 4.96. The van der Waals surface area contributed by atoms with Crippen molar-refractivity contribution in [3.8, 4) is 5.75 Å². The third kappa shape index (κ3) is 3.26. The lowest BCUT2D eigenvalue weighted by molar-refractivity contribution is -0.0641. The Morgan fingerprint density at radius 3 is 2.76 bits per heavy atom. The minimum absolute atomic E-state index is 0.0604. The number of aliphatic hydroxyl groups is 1. The molecule has 2 fully saturated rings. The SMILES string of the molecule is COc1cccc([C@]2(O)CCC[C@H]3CN(S(=O)(=O)c4c(C)nn(C)c4Cl)C[C@H]32)c1. The molecular weight excluding hydrogens is 414 g/mol. The molecule has 1 aromatic heterocycles. The molecule has 3 atom stereocenters. The van der Waals surface area contributed by atoms with Gasteiger partial charge in [-0.25, -0.2) is 8.42 Å². The van der Waals surface area contributed by atoms with Crippen LogP contribution < -0.4 is 4.74 Å². The van der Waals surface area contributed by atoms with E-state index in [2.05, 4.69) is 5.10 Å². The highest BCUT2D eigenvalue weighted by Gasteiger charge is 2.52. The Morgan fingerprint density at radius 1 is 1.34 bits per heavy atom. The standard InChI is InChI=1S/C20H26ClN3O4S/c1-13-18(19(21)23(2)22-13)29(26,27)24-11-14-6-5-9-20(25,17(14)12-24)15-7-4-8-16(10-15)28-3/h4,7-8,10,14,17,25H,5-6,9,11-12H2,1-3H3/t14-,17+,20+/m0/s1. The Kier molecular flexibility index (Phi) is 5.17. The second kappa shape index (κ2) is 7.27. The van der Waals surface area contributed by atoms with Gasteiger partial charge in [0.05, 0.1) is 18.4 Å². The van der Waals surface area contributed by atoms with Gasteiger partial charge in [0.1, 0.15) is 15.8 Å². The monoisotopic (exact) mass is 439 g/mol. The van der Waals surface area contributed by atoms with Crippen LogP contribution in [-0.4, -0.2) is 47.8 Å². The summed E-state index contributed by atoms with van der Waals surface area (Å²) in [4.78, 5) is 0.0604. The molecule has 2 aliphatic rings. The van der Waals surface area contributed by atoms with E-state index in [0.29, 0.717) is 24.4 Å². The minimum Gasteiger partial charge on any atom is -0.497 e. The van der Waals surface area contributed by atoms with Gasteiger partial charge >= 0.3 is 0 Å². The lowest BCUT2D eigenvalue weighted by atomic mass is 9.67. The van der Waals surface area contributed by atoms with Crippen molar-refractivity contribution < 1.29 is 18.3 Å². The van der Waals surface area contributed by atoms with Gasteiger partial charge in [-0.3, -0.25) is 4.68 Å². The smallest absolute Gasteiger partial charge is 0.248 e. The first-order chi connectivity index (χ1) is 13.7. The van der Waals surface area contributed by atoms with Crippen LogP contribution in [0.2, 0.25) is 5.15 Å². The Balaban J connectivity index is 1.69. The Morgan fingerprint density at radius 2 is 2.10 bits per heavy atom. The summed E-state index contributed by atoms with van der Waals surface area (Å²) < 4.78 is 34.9. The molecule has 2 aromatic rings. The van der Waals surface area contributed by atoms with Gasteiger partial charge in [-0.2, -0.15) is 9.40 Å². The van der Waals surface area contributed by atoms with Crippen LogP contribution in [0.25, 0.3) is 0 Å². The summed E-state index contributed by atoms with van der Waals surface area (Å²) in [6.07, 6.45) is 2.33. The molecular formula is C20H26ClN3O4S. The van der Waals surface area contributed by atoms with Crippen molar-refractivity contribution >= 4 is 21.6 Å². The van der Waals surface area contributed by atoms with Crippen molar-refractivity contribution in [2.75, 3.05) is 20.2 Å².